The van der Waals surface area contributed by atoms with Crippen LogP contribution in [0.1, 0.15) is 24.2 Å². The zero-order valence-electron chi connectivity index (χ0n) is 19.1. The second-order valence-corrected chi connectivity index (χ2v) is 8.35. The molecule has 0 N–H and O–H groups in total. The molecule has 3 heterocycles. The third-order valence-corrected chi connectivity index (χ3v) is 6.21. The van der Waals surface area contributed by atoms with E-state index < -0.39 is 12.1 Å². The van der Waals surface area contributed by atoms with Crippen molar-refractivity contribution >= 4 is 11.8 Å². The van der Waals surface area contributed by atoms with Crippen LogP contribution < -0.4 is 0 Å². The highest BCUT2D eigenvalue weighted by Gasteiger charge is 2.39. The number of carbonyl (C=O) groups excluding carboxylic acids is 2. The van der Waals surface area contributed by atoms with Crippen LogP contribution in [0.25, 0.3) is 11.1 Å². The number of hydrogen-bond donors (Lipinski definition) is 0. The average molecular weight is 444 g/mol. The minimum absolute atomic E-state index is 0.0444. The summed E-state index contributed by atoms with van der Waals surface area (Å²) in [6, 6.07) is 12.9. The molecule has 0 saturated carbocycles. The van der Waals surface area contributed by atoms with E-state index in [1.807, 2.05) is 56.3 Å². The lowest BCUT2D eigenvalue weighted by atomic mass is 9.98. The molecular formula is C26H29N5O2. The van der Waals surface area contributed by atoms with Crippen LogP contribution in [0, 0.1) is 6.92 Å². The molecule has 170 valence electrons. The monoisotopic (exact) mass is 443 g/mol. The highest BCUT2D eigenvalue weighted by atomic mass is 16.2. The predicted molar refractivity (Wildman–Crippen MR) is 127 cm³/mol. The maximum Gasteiger partial charge on any atom is 0.247 e. The third-order valence-electron chi connectivity index (χ3n) is 6.21. The van der Waals surface area contributed by atoms with Crippen LogP contribution in [-0.4, -0.2) is 62.1 Å². The number of pyridine rings is 1. The molecule has 0 bridgehead atoms. The van der Waals surface area contributed by atoms with Crippen molar-refractivity contribution in [2.75, 3.05) is 19.6 Å². The van der Waals surface area contributed by atoms with Crippen LogP contribution >= 0.6 is 0 Å². The Morgan fingerprint density at radius 3 is 2.42 bits per heavy atom. The standard InChI is InChI=1S/C26H29N5O2/c1-4-15-29-16-17-30(25(32)20(3)31-19(2)9-14-28-31)24(26(29)33)18-21-5-7-22(8-6-21)23-10-12-27-13-11-23/h4-14,20,24H,1,15-18H2,2-3H3/t20-,24-/m0/s1. The first-order valence-corrected chi connectivity index (χ1v) is 11.2. The molecule has 4 rings (SSSR count). The van der Waals surface area contributed by atoms with Crippen molar-refractivity contribution in [3.05, 3.63) is 85.0 Å². The van der Waals surface area contributed by atoms with E-state index in [2.05, 4.69) is 16.7 Å². The lowest BCUT2D eigenvalue weighted by Crippen LogP contribution is -2.60. The molecule has 2 amide bonds. The Balaban J connectivity index is 1.58. The van der Waals surface area contributed by atoms with Gasteiger partial charge in [0.1, 0.15) is 12.1 Å². The summed E-state index contributed by atoms with van der Waals surface area (Å²) in [6.07, 6.45) is 7.41. The Kier molecular flexibility index (Phi) is 6.68. The lowest BCUT2D eigenvalue weighted by molar-refractivity contribution is -0.152. The Hall–Kier alpha value is -3.74. The van der Waals surface area contributed by atoms with Gasteiger partial charge in [0.15, 0.2) is 0 Å². The molecular weight excluding hydrogens is 414 g/mol. The summed E-state index contributed by atoms with van der Waals surface area (Å²) in [5.74, 6) is -0.135. The molecule has 1 aromatic carbocycles. The smallest absolute Gasteiger partial charge is 0.247 e. The fraction of sp³-hybridized carbons (Fsp3) is 0.308. The van der Waals surface area contributed by atoms with Crippen LogP contribution in [0.3, 0.4) is 0 Å². The highest BCUT2D eigenvalue weighted by Crippen LogP contribution is 2.23. The molecule has 0 aliphatic carbocycles. The summed E-state index contributed by atoms with van der Waals surface area (Å²) in [5.41, 5.74) is 4.09. The van der Waals surface area contributed by atoms with E-state index in [9.17, 15) is 9.59 Å². The minimum Gasteiger partial charge on any atom is -0.335 e. The average Bonchev–Trinajstić information content (AvgIpc) is 3.27. The Morgan fingerprint density at radius 1 is 1.09 bits per heavy atom. The van der Waals surface area contributed by atoms with Crippen LogP contribution in [0.5, 0.6) is 0 Å². The van der Waals surface area contributed by atoms with Crippen molar-refractivity contribution < 1.29 is 9.59 Å². The van der Waals surface area contributed by atoms with Crippen molar-refractivity contribution in [1.29, 1.82) is 0 Å². The van der Waals surface area contributed by atoms with E-state index in [4.69, 9.17) is 0 Å². The van der Waals surface area contributed by atoms with E-state index >= 15 is 0 Å². The molecule has 7 nitrogen and oxygen atoms in total. The van der Waals surface area contributed by atoms with Crippen LogP contribution in [0.4, 0.5) is 0 Å². The van der Waals surface area contributed by atoms with Gasteiger partial charge in [0.05, 0.1) is 0 Å². The highest BCUT2D eigenvalue weighted by molar-refractivity contribution is 5.90. The van der Waals surface area contributed by atoms with E-state index in [1.54, 1.807) is 39.1 Å². The molecule has 0 unspecified atom stereocenters. The van der Waals surface area contributed by atoms with Gasteiger partial charge in [-0.1, -0.05) is 30.3 Å². The van der Waals surface area contributed by atoms with Crippen molar-refractivity contribution in [2.45, 2.75) is 32.4 Å². The normalized spacial score (nSPS) is 17.2. The fourth-order valence-electron chi connectivity index (χ4n) is 4.37. The Labute approximate surface area is 194 Å². The molecule has 7 heteroatoms. The van der Waals surface area contributed by atoms with Crippen molar-refractivity contribution in [1.82, 2.24) is 24.6 Å². The lowest BCUT2D eigenvalue weighted by Gasteiger charge is -2.41. The van der Waals surface area contributed by atoms with Gasteiger partial charge in [0.2, 0.25) is 11.8 Å². The zero-order chi connectivity index (χ0) is 23.4. The van der Waals surface area contributed by atoms with Gasteiger partial charge in [-0.05, 0) is 48.7 Å². The van der Waals surface area contributed by atoms with Crippen molar-refractivity contribution in [3.8, 4) is 11.1 Å². The quantitative estimate of drug-likeness (QED) is 0.526. The summed E-state index contributed by atoms with van der Waals surface area (Å²) in [4.78, 5) is 34.4. The molecule has 2 atom stereocenters. The second-order valence-electron chi connectivity index (χ2n) is 8.35. The van der Waals surface area contributed by atoms with E-state index in [-0.39, 0.29) is 11.8 Å². The summed E-state index contributed by atoms with van der Waals surface area (Å²) >= 11 is 0. The van der Waals surface area contributed by atoms with Gasteiger partial charge < -0.3 is 9.80 Å². The first kappa shape index (κ1) is 22.5. The molecule has 0 spiro atoms. The molecule has 1 saturated heterocycles. The molecule has 1 aliphatic heterocycles. The van der Waals surface area contributed by atoms with Gasteiger partial charge in [-0.15, -0.1) is 6.58 Å². The summed E-state index contributed by atoms with van der Waals surface area (Å²) < 4.78 is 1.71. The van der Waals surface area contributed by atoms with E-state index in [1.165, 1.54) is 0 Å². The van der Waals surface area contributed by atoms with Gasteiger partial charge >= 0.3 is 0 Å². The molecule has 33 heavy (non-hydrogen) atoms. The number of carbonyl (C=O) groups is 2. The van der Waals surface area contributed by atoms with E-state index in [0.29, 0.717) is 26.1 Å². The van der Waals surface area contributed by atoms with Gasteiger partial charge in [0, 0.05) is 50.3 Å². The summed E-state index contributed by atoms with van der Waals surface area (Å²) in [5, 5.41) is 4.30. The Morgan fingerprint density at radius 2 is 1.79 bits per heavy atom. The summed E-state index contributed by atoms with van der Waals surface area (Å²) in [6.45, 7) is 9.00. The van der Waals surface area contributed by atoms with Gasteiger partial charge in [-0.3, -0.25) is 19.3 Å². The number of hydrogen-bond acceptors (Lipinski definition) is 4. The van der Waals surface area contributed by atoms with Crippen molar-refractivity contribution in [2.24, 2.45) is 0 Å². The first-order valence-electron chi connectivity index (χ1n) is 11.2. The SMILES string of the molecule is C=CCN1CCN(C(=O)[C@H](C)n2nccc2C)[C@@H](Cc2ccc(-c3ccncc3)cc2)C1=O. The largest absolute Gasteiger partial charge is 0.335 e. The number of piperazine rings is 1. The van der Waals surface area contributed by atoms with Gasteiger partial charge in [-0.25, -0.2) is 0 Å². The van der Waals surface area contributed by atoms with Crippen LogP contribution in [0.2, 0.25) is 0 Å². The molecule has 3 aromatic rings. The number of nitrogens with zero attached hydrogens (tertiary/aromatic N) is 5. The van der Waals surface area contributed by atoms with Gasteiger partial charge in [-0.2, -0.15) is 5.10 Å². The number of rotatable bonds is 7. The minimum atomic E-state index is -0.559. The van der Waals surface area contributed by atoms with Crippen LogP contribution in [0.15, 0.2) is 73.7 Å². The maximum atomic E-state index is 13.5. The fourth-order valence-corrected chi connectivity index (χ4v) is 4.37. The number of benzene rings is 1. The maximum absolute atomic E-state index is 13.5. The topological polar surface area (TPSA) is 71.3 Å². The number of amides is 2. The van der Waals surface area contributed by atoms with Gasteiger partial charge in [0.25, 0.3) is 0 Å². The number of aromatic nitrogens is 3. The molecule has 1 aliphatic rings. The molecule has 0 radical (unpaired) electrons. The number of aryl methyl sites for hydroxylation is 1. The third kappa shape index (κ3) is 4.72. The van der Waals surface area contributed by atoms with Crippen molar-refractivity contribution in [3.63, 3.8) is 0 Å². The Bertz CT molecular complexity index is 1120. The molecule has 1 fully saturated rings. The van der Waals surface area contributed by atoms with E-state index in [0.717, 1.165) is 22.4 Å². The zero-order valence-corrected chi connectivity index (χ0v) is 19.1. The predicted octanol–water partition coefficient (Wildman–Crippen LogP) is 3.28. The molecule has 2 aromatic heterocycles. The first-order chi connectivity index (χ1) is 16.0. The second kappa shape index (κ2) is 9.81. The van der Waals surface area contributed by atoms with Crippen LogP contribution in [-0.2, 0) is 16.0 Å². The summed E-state index contributed by atoms with van der Waals surface area (Å²) in [7, 11) is 0.